The van der Waals surface area contributed by atoms with Crippen molar-refractivity contribution in [1.82, 2.24) is 0 Å². The maximum absolute atomic E-state index is 11.1. The molecule has 0 radical (unpaired) electrons. The quantitative estimate of drug-likeness (QED) is 0.107. The maximum atomic E-state index is 11.1. The number of benzene rings is 1. The van der Waals surface area contributed by atoms with E-state index in [1.807, 2.05) is 30.3 Å². The van der Waals surface area contributed by atoms with Crippen molar-refractivity contribution in [1.29, 1.82) is 0 Å². The van der Waals surface area contributed by atoms with E-state index in [-0.39, 0.29) is 11.4 Å². The van der Waals surface area contributed by atoms with Gasteiger partial charge in [-0.2, -0.15) is 0 Å². The van der Waals surface area contributed by atoms with Crippen molar-refractivity contribution in [3.05, 3.63) is 42.0 Å². The average Bonchev–Trinajstić information content (AvgIpc) is 2.66. The van der Waals surface area contributed by atoms with E-state index in [2.05, 4.69) is 33.4 Å². The van der Waals surface area contributed by atoms with Gasteiger partial charge in [0.25, 0.3) is 0 Å². The van der Waals surface area contributed by atoms with Crippen molar-refractivity contribution in [3.63, 3.8) is 0 Å². The van der Waals surface area contributed by atoms with Crippen molar-refractivity contribution < 1.29 is 9.53 Å². The minimum absolute atomic E-state index is 0.372. The Labute approximate surface area is 180 Å². The Kier molecular flexibility index (Phi) is 18.6. The van der Waals surface area contributed by atoms with Crippen molar-refractivity contribution in [2.24, 2.45) is 0 Å². The summed E-state index contributed by atoms with van der Waals surface area (Å²) in [6.45, 7) is 8.69. The minimum atomic E-state index is -0.839. The van der Waals surface area contributed by atoms with Crippen LogP contribution in [0.25, 0.3) is 6.08 Å². The Balaban J connectivity index is 0.000000503. The molecule has 0 spiro atoms. The number of thiol groups is 1. The first-order chi connectivity index (χ1) is 13.0. The van der Waals surface area contributed by atoms with Crippen LogP contribution in [-0.4, -0.2) is 31.2 Å². The normalized spacial score (nSPS) is 11.6. The summed E-state index contributed by atoms with van der Waals surface area (Å²) in [5.41, 5.74) is 0.596. The summed E-state index contributed by atoms with van der Waals surface area (Å²) in [5.74, 6) is -0.378. The van der Waals surface area contributed by atoms with Gasteiger partial charge in [0.2, 0.25) is 0 Å². The van der Waals surface area contributed by atoms with E-state index in [0.29, 0.717) is 0 Å². The van der Waals surface area contributed by atoms with Gasteiger partial charge in [-0.05, 0) is 18.6 Å². The number of carbonyl (C=O) groups excluding carboxylic acids is 1. The summed E-state index contributed by atoms with van der Waals surface area (Å²) in [6, 6.07) is 9.56. The molecule has 1 unspecified atom stereocenters. The number of carbonyl (C=O) groups is 1. The van der Waals surface area contributed by atoms with Crippen molar-refractivity contribution in [2.75, 3.05) is 0 Å². The Morgan fingerprint density at radius 1 is 1.00 bits per heavy atom. The number of ether oxygens (including phenoxy) is 1. The predicted molar refractivity (Wildman–Crippen MR) is 125 cm³/mol. The molecule has 0 N–H and O–H groups in total. The number of unbranched alkanes of at least 4 members (excludes halogenated alkanes) is 3. The molecule has 152 valence electrons. The van der Waals surface area contributed by atoms with Gasteiger partial charge in [0.05, 0.1) is 0 Å². The second kappa shape index (κ2) is 18.9. The molecule has 0 fully saturated rings. The van der Waals surface area contributed by atoms with E-state index in [9.17, 15) is 4.79 Å². The van der Waals surface area contributed by atoms with Crippen LogP contribution in [0.3, 0.4) is 0 Å². The van der Waals surface area contributed by atoms with Gasteiger partial charge in [-0.15, -0.1) is 12.6 Å². The zero-order valence-corrected chi connectivity index (χ0v) is 21.5. The van der Waals surface area contributed by atoms with Crippen LogP contribution < -0.4 is 0 Å². The van der Waals surface area contributed by atoms with Crippen LogP contribution in [-0.2, 0) is 9.53 Å². The number of esters is 1. The fourth-order valence-electron chi connectivity index (χ4n) is 2.59. The van der Waals surface area contributed by atoms with Gasteiger partial charge in [-0.1, -0.05) is 30.3 Å². The van der Waals surface area contributed by atoms with E-state index >= 15 is 0 Å². The van der Waals surface area contributed by atoms with Crippen molar-refractivity contribution in [2.45, 2.75) is 85.0 Å². The summed E-state index contributed by atoms with van der Waals surface area (Å²) in [7, 11) is 0. The van der Waals surface area contributed by atoms with Gasteiger partial charge in [0.1, 0.15) is 5.44 Å². The van der Waals surface area contributed by atoms with E-state index in [1.165, 1.54) is 44.6 Å². The fraction of sp³-hybridized carbons (Fsp3) is 0.609. The second-order valence-corrected chi connectivity index (χ2v) is 16.1. The Bertz CT molecular complexity index is 469. The van der Waals surface area contributed by atoms with Crippen LogP contribution in [0.5, 0.6) is 0 Å². The number of hydrogen-bond donors (Lipinski definition) is 1. The van der Waals surface area contributed by atoms with Crippen LogP contribution in [0.1, 0.15) is 71.8 Å². The van der Waals surface area contributed by atoms with Gasteiger partial charge in [-0.3, -0.25) is 0 Å². The topological polar surface area (TPSA) is 26.3 Å². The Morgan fingerprint density at radius 3 is 1.89 bits per heavy atom. The molecule has 27 heavy (non-hydrogen) atoms. The zero-order valence-electron chi connectivity index (χ0n) is 17.7. The molecule has 0 heterocycles. The molecular weight excluding hydrogens is 459 g/mol. The van der Waals surface area contributed by atoms with Crippen LogP contribution >= 0.6 is 12.6 Å². The summed E-state index contributed by atoms with van der Waals surface area (Å²) in [5, 5.41) is 0. The molecule has 1 atom stereocenters. The van der Waals surface area contributed by atoms with Crippen LogP contribution in [0, 0.1) is 0 Å². The molecule has 0 aliphatic heterocycles. The van der Waals surface area contributed by atoms with Gasteiger partial charge in [-0.25, -0.2) is 4.79 Å². The molecule has 0 amide bonds. The average molecular weight is 498 g/mol. The standard InChI is InChI=1S/C11H12O2S.3C4H9.Sn/c1-9(14)13-11(12)8-7-10-5-3-2-4-6-10;3*1-3-4-2;/h2-9,14H,1H3;3*1,3-4H2,2H3;/q;;;;+1/b8-7+;;;;. The van der Waals surface area contributed by atoms with Gasteiger partial charge < -0.3 is 4.74 Å². The molecule has 0 bridgehead atoms. The first kappa shape index (κ1) is 26.6. The van der Waals surface area contributed by atoms with E-state index in [1.54, 1.807) is 26.3 Å². The molecule has 0 saturated heterocycles. The van der Waals surface area contributed by atoms with E-state index in [4.69, 9.17) is 4.74 Å². The second-order valence-electron chi connectivity index (χ2n) is 6.84. The molecule has 0 aliphatic carbocycles. The Morgan fingerprint density at radius 2 is 1.48 bits per heavy atom. The fourth-order valence-corrected chi connectivity index (χ4v) is 12.1. The Hall–Kier alpha value is -0.421. The van der Waals surface area contributed by atoms with Crippen LogP contribution in [0.15, 0.2) is 36.4 Å². The van der Waals surface area contributed by atoms with Gasteiger partial charge >= 0.3 is 98.3 Å². The van der Waals surface area contributed by atoms with E-state index in [0.717, 1.165) is 5.56 Å². The third kappa shape index (κ3) is 17.4. The van der Waals surface area contributed by atoms with E-state index < -0.39 is 19.8 Å². The SMILES string of the molecule is CC(S)OC(=O)/C=C/c1ccccc1.CCC[CH2][Sn+]([CH2]CCC)[CH2]CCC. The molecule has 1 rings (SSSR count). The molecule has 0 aliphatic rings. The molecule has 4 heteroatoms. The summed E-state index contributed by atoms with van der Waals surface area (Å²) in [6.07, 6.45) is 11.9. The molecular formula is C23H39O2SSn+. The zero-order chi connectivity index (χ0) is 20.3. The summed E-state index contributed by atoms with van der Waals surface area (Å²) < 4.78 is 9.85. The molecule has 0 aromatic heterocycles. The van der Waals surface area contributed by atoms with Crippen LogP contribution in [0.2, 0.25) is 13.3 Å². The first-order valence-corrected chi connectivity index (χ1v) is 17.1. The van der Waals surface area contributed by atoms with Gasteiger partial charge in [0.15, 0.2) is 0 Å². The summed E-state index contributed by atoms with van der Waals surface area (Å²) in [4.78, 5) is 11.1. The number of rotatable bonds is 12. The third-order valence-corrected chi connectivity index (χ3v) is 13.3. The number of hydrogen-bond acceptors (Lipinski definition) is 3. The van der Waals surface area contributed by atoms with Crippen molar-refractivity contribution >= 4 is 44.4 Å². The molecule has 1 aromatic carbocycles. The first-order valence-electron chi connectivity index (χ1n) is 10.5. The molecule has 1 aromatic rings. The molecule has 2 nitrogen and oxygen atoms in total. The van der Waals surface area contributed by atoms with Gasteiger partial charge in [0, 0.05) is 6.08 Å². The monoisotopic (exact) mass is 499 g/mol. The summed E-state index contributed by atoms with van der Waals surface area (Å²) >= 11 is 3.10. The molecule has 0 saturated carbocycles. The van der Waals surface area contributed by atoms with Crippen LogP contribution in [0.4, 0.5) is 0 Å². The van der Waals surface area contributed by atoms with Crippen molar-refractivity contribution in [3.8, 4) is 0 Å². The third-order valence-electron chi connectivity index (χ3n) is 4.15. The predicted octanol–water partition coefficient (Wildman–Crippen LogP) is 7.40.